The Bertz CT molecular complexity index is 1030. The fourth-order valence-corrected chi connectivity index (χ4v) is 4.89. The van der Waals surface area contributed by atoms with Crippen molar-refractivity contribution in [3.05, 3.63) is 59.9 Å². The van der Waals surface area contributed by atoms with Gasteiger partial charge in [-0.05, 0) is 61.2 Å². The number of hydrogen-bond donors (Lipinski definition) is 0. The third-order valence-corrected chi connectivity index (χ3v) is 7.09. The van der Waals surface area contributed by atoms with Gasteiger partial charge in [-0.1, -0.05) is 12.1 Å². The second kappa shape index (κ2) is 10.6. The van der Waals surface area contributed by atoms with Gasteiger partial charge in [0, 0.05) is 19.5 Å². The molecule has 1 aliphatic rings. The van der Waals surface area contributed by atoms with E-state index in [1.54, 1.807) is 12.1 Å². The molecule has 0 aliphatic carbocycles. The molecule has 1 heterocycles. The summed E-state index contributed by atoms with van der Waals surface area (Å²) in [4.78, 5) is 11.9. The highest BCUT2D eigenvalue weighted by Crippen LogP contribution is 2.26. The van der Waals surface area contributed by atoms with Crippen molar-refractivity contribution in [3.63, 3.8) is 0 Å². The molecule has 6 nitrogen and oxygen atoms in total. The van der Waals surface area contributed by atoms with Gasteiger partial charge in [-0.15, -0.1) is 13.2 Å². The van der Waals surface area contributed by atoms with Crippen LogP contribution in [0.1, 0.15) is 24.8 Å². The van der Waals surface area contributed by atoms with Gasteiger partial charge in [0.25, 0.3) is 0 Å². The van der Waals surface area contributed by atoms with Crippen molar-refractivity contribution in [2.75, 3.05) is 19.7 Å². The van der Waals surface area contributed by atoms with Crippen molar-refractivity contribution in [1.29, 1.82) is 0 Å². The van der Waals surface area contributed by atoms with E-state index in [9.17, 15) is 30.8 Å². The fourth-order valence-electron chi connectivity index (χ4n) is 3.42. The molecule has 0 atom stereocenters. The SMILES string of the molecule is O=C(CCc1ccc(F)cc1)COC1CCN(S(=O)(=O)c2ccc(OC(F)(F)F)cc2)CC1. The molecule has 0 N–H and O–H groups in total. The van der Waals surface area contributed by atoms with Gasteiger partial charge in [-0.2, -0.15) is 4.31 Å². The highest BCUT2D eigenvalue weighted by atomic mass is 32.2. The van der Waals surface area contributed by atoms with Crippen LogP contribution in [-0.2, 0) is 26.0 Å². The summed E-state index contributed by atoms with van der Waals surface area (Å²) in [5.74, 6) is -0.942. The molecule has 2 aromatic carbocycles. The number of piperidine rings is 1. The van der Waals surface area contributed by atoms with Crippen molar-refractivity contribution < 1.29 is 40.2 Å². The molecular weight excluding hydrogens is 466 g/mol. The number of halogens is 4. The number of Topliss-reactive ketones (excluding diaryl/α,β-unsaturated/α-hetero) is 1. The van der Waals surface area contributed by atoms with Crippen LogP contribution in [0.4, 0.5) is 17.6 Å². The number of hydrogen-bond acceptors (Lipinski definition) is 5. The van der Waals surface area contributed by atoms with Crippen LogP contribution >= 0.6 is 0 Å². The first-order valence-electron chi connectivity index (χ1n) is 10.3. The lowest BCUT2D eigenvalue weighted by Gasteiger charge is -2.31. The van der Waals surface area contributed by atoms with Crippen LogP contribution in [0, 0.1) is 5.82 Å². The van der Waals surface area contributed by atoms with Gasteiger partial charge in [0.15, 0.2) is 5.78 Å². The molecular formula is C22H23F4NO5S. The first kappa shape index (κ1) is 25.1. The highest BCUT2D eigenvalue weighted by molar-refractivity contribution is 7.89. The molecule has 0 aromatic heterocycles. The first-order chi connectivity index (χ1) is 15.5. The van der Waals surface area contributed by atoms with Crippen LogP contribution < -0.4 is 4.74 Å². The smallest absolute Gasteiger partial charge is 0.406 e. The Hall–Kier alpha value is -2.50. The van der Waals surface area contributed by atoms with Gasteiger partial charge in [0.2, 0.25) is 10.0 Å². The summed E-state index contributed by atoms with van der Waals surface area (Å²) in [5, 5.41) is 0. The average molecular weight is 489 g/mol. The number of rotatable bonds is 9. The zero-order valence-electron chi connectivity index (χ0n) is 17.6. The second-order valence-corrected chi connectivity index (χ2v) is 9.54. The molecule has 0 unspecified atom stereocenters. The van der Waals surface area contributed by atoms with Crippen LogP contribution in [0.5, 0.6) is 5.75 Å². The maximum absolute atomic E-state index is 12.9. The summed E-state index contributed by atoms with van der Waals surface area (Å²) in [6.07, 6.45) is -3.61. The third-order valence-electron chi connectivity index (χ3n) is 5.18. The maximum atomic E-state index is 12.9. The number of aryl methyl sites for hydroxylation is 1. The molecule has 3 rings (SSSR count). The number of carbonyl (C=O) groups excluding carboxylic acids is 1. The molecule has 1 aliphatic heterocycles. The summed E-state index contributed by atoms with van der Waals surface area (Å²) in [6.45, 7) is 0.244. The van der Waals surface area contributed by atoms with Crippen molar-refractivity contribution in [1.82, 2.24) is 4.31 Å². The molecule has 0 radical (unpaired) electrons. The van der Waals surface area contributed by atoms with E-state index >= 15 is 0 Å². The zero-order valence-corrected chi connectivity index (χ0v) is 18.4. The van der Waals surface area contributed by atoms with E-state index in [0.717, 1.165) is 29.8 Å². The van der Waals surface area contributed by atoms with Crippen molar-refractivity contribution in [3.8, 4) is 5.75 Å². The molecule has 0 bridgehead atoms. The molecule has 1 fully saturated rings. The monoisotopic (exact) mass is 489 g/mol. The summed E-state index contributed by atoms with van der Waals surface area (Å²) >= 11 is 0. The molecule has 0 saturated carbocycles. The van der Waals surface area contributed by atoms with Gasteiger partial charge < -0.3 is 9.47 Å². The zero-order chi connectivity index (χ0) is 24.1. The van der Waals surface area contributed by atoms with E-state index in [4.69, 9.17) is 4.74 Å². The standard InChI is InChI=1S/C22H23F4NO5S/c23-17-4-1-16(2-5-17)3-6-18(28)15-31-19-11-13-27(14-12-19)33(29,30)21-9-7-20(8-10-21)32-22(24,25)26/h1-2,4-5,7-10,19H,3,6,11-15H2. The quantitative estimate of drug-likeness (QED) is 0.496. The van der Waals surface area contributed by atoms with Crippen molar-refractivity contribution >= 4 is 15.8 Å². The van der Waals surface area contributed by atoms with E-state index in [2.05, 4.69) is 4.74 Å². The van der Waals surface area contributed by atoms with E-state index in [-0.39, 0.29) is 48.7 Å². The molecule has 0 spiro atoms. The lowest BCUT2D eigenvalue weighted by atomic mass is 10.1. The summed E-state index contributed by atoms with van der Waals surface area (Å²) in [5.41, 5.74) is 0.848. The minimum Gasteiger partial charge on any atom is -0.406 e. The summed E-state index contributed by atoms with van der Waals surface area (Å²) in [7, 11) is -3.87. The van der Waals surface area contributed by atoms with E-state index < -0.39 is 22.1 Å². The van der Waals surface area contributed by atoms with E-state index in [1.807, 2.05) is 0 Å². The summed E-state index contributed by atoms with van der Waals surface area (Å²) < 4.78 is 85.8. The number of ether oxygens (including phenoxy) is 2. The Morgan fingerprint density at radius 2 is 1.61 bits per heavy atom. The Morgan fingerprint density at radius 3 is 2.18 bits per heavy atom. The van der Waals surface area contributed by atoms with Gasteiger partial charge in [-0.3, -0.25) is 4.79 Å². The predicted octanol–water partition coefficient (Wildman–Crippen LogP) is 4.10. The van der Waals surface area contributed by atoms with Crippen molar-refractivity contribution in [2.24, 2.45) is 0 Å². The predicted molar refractivity (Wildman–Crippen MR) is 111 cm³/mol. The van der Waals surface area contributed by atoms with Crippen LogP contribution in [-0.4, -0.2) is 50.7 Å². The van der Waals surface area contributed by atoms with Gasteiger partial charge in [-0.25, -0.2) is 12.8 Å². The summed E-state index contributed by atoms with van der Waals surface area (Å²) in [6, 6.07) is 9.96. The minimum absolute atomic E-state index is 0.0840. The van der Waals surface area contributed by atoms with E-state index in [1.165, 1.54) is 16.4 Å². The first-order valence-corrected chi connectivity index (χ1v) is 11.7. The number of sulfonamides is 1. The minimum atomic E-state index is -4.86. The Balaban J connectivity index is 1.44. The topological polar surface area (TPSA) is 72.9 Å². The Labute approximate surface area is 189 Å². The normalized spacial score (nSPS) is 16.0. The number of ketones is 1. The van der Waals surface area contributed by atoms with Crippen LogP contribution in [0.3, 0.4) is 0 Å². The van der Waals surface area contributed by atoms with Crippen LogP contribution in [0.25, 0.3) is 0 Å². The molecule has 2 aromatic rings. The van der Waals surface area contributed by atoms with E-state index in [0.29, 0.717) is 19.3 Å². The Morgan fingerprint density at radius 1 is 1.00 bits per heavy atom. The van der Waals surface area contributed by atoms with Gasteiger partial charge in [0.1, 0.15) is 18.2 Å². The number of carbonyl (C=O) groups is 1. The van der Waals surface area contributed by atoms with Crippen molar-refractivity contribution in [2.45, 2.75) is 43.0 Å². The number of nitrogens with zero attached hydrogens (tertiary/aromatic N) is 1. The second-order valence-electron chi connectivity index (χ2n) is 7.60. The maximum Gasteiger partial charge on any atom is 0.573 e. The van der Waals surface area contributed by atoms with Gasteiger partial charge in [0.05, 0.1) is 11.0 Å². The van der Waals surface area contributed by atoms with Gasteiger partial charge >= 0.3 is 6.36 Å². The fraction of sp³-hybridized carbons (Fsp3) is 0.409. The van der Waals surface area contributed by atoms with Crippen LogP contribution in [0.2, 0.25) is 0 Å². The molecule has 33 heavy (non-hydrogen) atoms. The number of benzene rings is 2. The average Bonchev–Trinajstić information content (AvgIpc) is 2.77. The number of alkyl halides is 3. The van der Waals surface area contributed by atoms with Crippen LogP contribution in [0.15, 0.2) is 53.4 Å². The highest BCUT2D eigenvalue weighted by Gasteiger charge is 2.32. The molecule has 0 amide bonds. The molecule has 1 saturated heterocycles. The molecule has 11 heteroatoms. The molecule has 180 valence electrons. The lowest BCUT2D eigenvalue weighted by molar-refractivity contribution is -0.274. The third kappa shape index (κ3) is 7.51. The Kier molecular flexibility index (Phi) is 8.09. The largest absolute Gasteiger partial charge is 0.573 e. The lowest BCUT2D eigenvalue weighted by Crippen LogP contribution is -2.41.